The summed E-state index contributed by atoms with van der Waals surface area (Å²) in [6, 6.07) is 0. The number of hydrogen-bond acceptors (Lipinski definition) is 4. The van der Waals surface area contributed by atoms with Gasteiger partial charge in [0.15, 0.2) is 0 Å². The average Bonchev–Trinajstić information content (AvgIpc) is 2.75. The zero-order valence-electron chi connectivity index (χ0n) is 11.6. The molecule has 5 heteroatoms. The summed E-state index contributed by atoms with van der Waals surface area (Å²) >= 11 is 0. The van der Waals surface area contributed by atoms with Crippen LogP contribution >= 0.6 is 0 Å². The van der Waals surface area contributed by atoms with Crippen LogP contribution in [0.25, 0.3) is 0 Å². The largest absolute Gasteiger partial charge is 0.376 e. The second kappa shape index (κ2) is 5.80. The van der Waals surface area contributed by atoms with E-state index in [4.69, 9.17) is 4.74 Å². The first-order chi connectivity index (χ1) is 8.53. The maximum absolute atomic E-state index is 5.70. The maximum atomic E-state index is 5.70. The molecule has 18 heavy (non-hydrogen) atoms. The molecular weight excluding hydrogens is 228 g/mol. The van der Waals surface area contributed by atoms with Crippen LogP contribution in [0.15, 0.2) is 6.20 Å². The van der Waals surface area contributed by atoms with Gasteiger partial charge in [0.05, 0.1) is 18.3 Å². The Kier molecular flexibility index (Phi) is 4.35. The van der Waals surface area contributed by atoms with Gasteiger partial charge >= 0.3 is 0 Å². The highest BCUT2D eigenvalue weighted by atomic mass is 16.5. The first-order valence-electron chi connectivity index (χ1n) is 6.78. The molecule has 5 nitrogen and oxygen atoms in total. The highest BCUT2D eigenvalue weighted by Crippen LogP contribution is 2.14. The number of rotatable bonds is 4. The van der Waals surface area contributed by atoms with Gasteiger partial charge in [0.2, 0.25) is 0 Å². The van der Waals surface area contributed by atoms with E-state index in [0.717, 1.165) is 31.8 Å². The summed E-state index contributed by atoms with van der Waals surface area (Å²) in [7, 11) is 0. The minimum Gasteiger partial charge on any atom is -0.376 e. The summed E-state index contributed by atoms with van der Waals surface area (Å²) < 4.78 is 7.60. The van der Waals surface area contributed by atoms with Crippen LogP contribution in [0.5, 0.6) is 0 Å². The molecule has 0 radical (unpaired) electrons. The SMILES string of the molecule is CC(C)(C)NCc1cn(CC2CCCCO2)nn1. The molecule has 1 fully saturated rings. The van der Waals surface area contributed by atoms with Gasteiger partial charge in [-0.3, -0.25) is 0 Å². The van der Waals surface area contributed by atoms with Crippen LogP contribution in [0.3, 0.4) is 0 Å². The Labute approximate surface area is 109 Å². The molecule has 0 bridgehead atoms. The normalized spacial score (nSPS) is 21.2. The minimum absolute atomic E-state index is 0.107. The first-order valence-corrected chi connectivity index (χ1v) is 6.78. The van der Waals surface area contributed by atoms with Crippen molar-refractivity contribution in [2.24, 2.45) is 0 Å². The lowest BCUT2D eigenvalue weighted by atomic mass is 10.1. The number of aromatic nitrogens is 3. The summed E-state index contributed by atoms with van der Waals surface area (Å²) in [4.78, 5) is 0. The molecule has 1 atom stereocenters. The Morgan fingerprint density at radius 3 is 2.94 bits per heavy atom. The van der Waals surface area contributed by atoms with Gasteiger partial charge in [-0.05, 0) is 40.0 Å². The molecule has 1 aromatic rings. The zero-order chi connectivity index (χ0) is 13.0. The Balaban J connectivity index is 1.82. The second-order valence-electron chi connectivity index (χ2n) is 6.02. The van der Waals surface area contributed by atoms with Crippen molar-refractivity contribution in [3.05, 3.63) is 11.9 Å². The van der Waals surface area contributed by atoms with Gasteiger partial charge in [-0.15, -0.1) is 5.10 Å². The van der Waals surface area contributed by atoms with Gasteiger partial charge in [0.1, 0.15) is 0 Å². The maximum Gasteiger partial charge on any atom is 0.0965 e. The lowest BCUT2D eigenvalue weighted by molar-refractivity contribution is 0.00369. The molecule has 1 saturated heterocycles. The van der Waals surface area contributed by atoms with E-state index in [2.05, 4.69) is 36.4 Å². The minimum atomic E-state index is 0.107. The molecule has 1 unspecified atom stereocenters. The lowest BCUT2D eigenvalue weighted by Gasteiger charge is -2.22. The smallest absolute Gasteiger partial charge is 0.0965 e. The van der Waals surface area contributed by atoms with Crippen molar-refractivity contribution >= 4 is 0 Å². The van der Waals surface area contributed by atoms with Gasteiger partial charge < -0.3 is 10.1 Å². The van der Waals surface area contributed by atoms with E-state index < -0.39 is 0 Å². The van der Waals surface area contributed by atoms with Crippen molar-refractivity contribution in [3.63, 3.8) is 0 Å². The van der Waals surface area contributed by atoms with E-state index in [-0.39, 0.29) is 5.54 Å². The highest BCUT2D eigenvalue weighted by Gasteiger charge is 2.15. The average molecular weight is 252 g/mol. The van der Waals surface area contributed by atoms with Crippen LogP contribution in [0.2, 0.25) is 0 Å². The second-order valence-corrected chi connectivity index (χ2v) is 6.02. The Morgan fingerprint density at radius 2 is 2.28 bits per heavy atom. The molecule has 1 aliphatic heterocycles. The van der Waals surface area contributed by atoms with Crippen LogP contribution in [0, 0.1) is 0 Å². The van der Waals surface area contributed by atoms with Gasteiger partial charge in [-0.25, -0.2) is 4.68 Å². The van der Waals surface area contributed by atoms with E-state index in [1.807, 2.05) is 10.9 Å². The van der Waals surface area contributed by atoms with Crippen LogP contribution in [-0.4, -0.2) is 33.2 Å². The van der Waals surface area contributed by atoms with Crippen molar-refractivity contribution in [1.82, 2.24) is 20.3 Å². The summed E-state index contributed by atoms with van der Waals surface area (Å²) in [5.41, 5.74) is 1.09. The van der Waals surface area contributed by atoms with Gasteiger partial charge in [0, 0.05) is 24.9 Å². The first kappa shape index (κ1) is 13.5. The van der Waals surface area contributed by atoms with Gasteiger partial charge in [-0.1, -0.05) is 5.21 Å². The van der Waals surface area contributed by atoms with Gasteiger partial charge in [0.25, 0.3) is 0 Å². The van der Waals surface area contributed by atoms with Crippen LogP contribution < -0.4 is 5.32 Å². The Hall–Kier alpha value is -0.940. The van der Waals surface area contributed by atoms with Crippen LogP contribution in [0.1, 0.15) is 45.7 Å². The lowest BCUT2D eigenvalue weighted by Crippen LogP contribution is -2.35. The molecule has 0 spiro atoms. The third kappa shape index (κ3) is 4.38. The molecule has 0 aromatic carbocycles. The van der Waals surface area contributed by atoms with Gasteiger partial charge in [-0.2, -0.15) is 0 Å². The van der Waals surface area contributed by atoms with Crippen LogP contribution in [-0.2, 0) is 17.8 Å². The fourth-order valence-corrected chi connectivity index (χ4v) is 2.02. The van der Waals surface area contributed by atoms with E-state index in [1.165, 1.54) is 12.8 Å². The van der Waals surface area contributed by atoms with Crippen LogP contribution in [0.4, 0.5) is 0 Å². The van der Waals surface area contributed by atoms with E-state index in [9.17, 15) is 0 Å². The summed E-state index contributed by atoms with van der Waals surface area (Å²) in [6.07, 6.45) is 5.90. The van der Waals surface area contributed by atoms with Crippen molar-refractivity contribution in [3.8, 4) is 0 Å². The molecule has 0 amide bonds. The summed E-state index contributed by atoms with van der Waals surface area (Å²) in [6.45, 7) is 8.91. The molecule has 0 saturated carbocycles. The van der Waals surface area contributed by atoms with E-state index >= 15 is 0 Å². The molecule has 2 heterocycles. The van der Waals surface area contributed by atoms with Crippen molar-refractivity contribution in [2.45, 2.75) is 64.8 Å². The quantitative estimate of drug-likeness (QED) is 0.886. The molecular formula is C13H24N4O. The van der Waals surface area contributed by atoms with Crippen molar-refractivity contribution < 1.29 is 4.74 Å². The number of ether oxygens (including phenoxy) is 1. The predicted molar refractivity (Wildman–Crippen MR) is 70.2 cm³/mol. The molecule has 2 rings (SSSR count). The third-order valence-electron chi connectivity index (χ3n) is 3.05. The summed E-state index contributed by atoms with van der Waals surface area (Å²) in [5.74, 6) is 0. The highest BCUT2D eigenvalue weighted by molar-refractivity contribution is 4.93. The molecule has 102 valence electrons. The fourth-order valence-electron chi connectivity index (χ4n) is 2.02. The topological polar surface area (TPSA) is 52.0 Å². The standard InChI is InChI=1S/C13H24N4O/c1-13(2,3)14-8-11-9-17(16-15-11)10-12-6-4-5-7-18-12/h9,12,14H,4-8,10H2,1-3H3. The Morgan fingerprint density at radius 1 is 1.44 bits per heavy atom. The number of nitrogens with zero attached hydrogens (tertiary/aromatic N) is 3. The monoisotopic (exact) mass is 252 g/mol. The Bertz CT molecular complexity index is 363. The molecule has 1 N–H and O–H groups in total. The molecule has 1 aromatic heterocycles. The number of hydrogen-bond donors (Lipinski definition) is 1. The fraction of sp³-hybridized carbons (Fsp3) is 0.846. The van der Waals surface area contributed by atoms with Crippen molar-refractivity contribution in [1.29, 1.82) is 0 Å². The zero-order valence-corrected chi connectivity index (χ0v) is 11.6. The number of nitrogens with one attached hydrogen (secondary N) is 1. The van der Waals surface area contributed by atoms with E-state index in [0.29, 0.717) is 6.10 Å². The summed E-state index contributed by atoms with van der Waals surface area (Å²) in [5, 5.41) is 11.7. The molecule has 0 aliphatic carbocycles. The molecule has 1 aliphatic rings. The van der Waals surface area contributed by atoms with E-state index in [1.54, 1.807) is 0 Å². The third-order valence-corrected chi connectivity index (χ3v) is 3.05. The van der Waals surface area contributed by atoms with Crippen molar-refractivity contribution in [2.75, 3.05) is 6.61 Å². The predicted octanol–water partition coefficient (Wildman–Crippen LogP) is 1.74.